The molecule has 166 valence electrons. The molecule has 4 nitrogen and oxygen atoms in total. The van der Waals surface area contributed by atoms with Crippen molar-refractivity contribution in [2.24, 2.45) is 0 Å². The summed E-state index contributed by atoms with van der Waals surface area (Å²) in [5.74, 6) is 0.922. The van der Waals surface area contributed by atoms with Gasteiger partial charge in [-0.2, -0.15) is 0 Å². The number of Topliss-reactive ketones (excluding diaryl/α,β-unsaturated/α-hetero) is 2. The molecule has 0 spiro atoms. The molecule has 0 saturated carbocycles. The van der Waals surface area contributed by atoms with E-state index >= 15 is 0 Å². The van der Waals surface area contributed by atoms with Crippen molar-refractivity contribution in [3.8, 4) is 22.6 Å². The summed E-state index contributed by atoms with van der Waals surface area (Å²) in [5, 5.41) is 0. The van der Waals surface area contributed by atoms with Crippen LogP contribution in [0.1, 0.15) is 31.8 Å². The third-order valence-electron chi connectivity index (χ3n) is 5.72. The Kier molecular flexibility index (Phi) is 5.79. The molecule has 0 N–H and O–H groups in total. The first-order valence-corrected chi connectivity index (χ1v) is 11.0. The summed E-state index contributed by atoms with van der Waals surface area (Å²) >= 11 is 0. The minimum Gasteiger partial charge on any atom is -0.485 e. The van der Waals surface area contributed by atoms with Crippen molar-refractivity contribution >= 4 is 17.6 Å². The molecule has 0 atom stereocenters. The highest BCUT2D eigenvalue weighted by Gasteiger charge is 2.30. The Labute approximate surface area is 198 Å². The van der Waals surface area contributed by atoms with E-state index in [2.05, 4.69) is 12.1 Å². The van der Waals surface area contributed by atoms with Crippen LogP contribution in [0.25, 0.3) is 17.2 Å². The van der Waals surface area contributed by atoms with E-state index in [0.717, 1.165) is 22.3 Å². The van der Waals surface area contributed by atoms with Crippen LogP contribution in [-0.4, -0.2) is 18.2 Å². The molecule has 0 fully saturated rings. The fraction of sp³-hybridized carbons (Fsp3) is 0.0667. The zero-order valence-corrected chi connectivity index (χ0v) is 18.7. The Bertz CT molecular complexity index is 1390. The van der Waals surface area contributed by atoms with Gasteiger partial charge in [0.15, 0.2) is 18.1 Å². The summed E-state index contributed by atoms with van der Waals surface area (Å²) < 4.78 is 11.6. The lowest BCUT2D eigenvalue weighted by Crippen LogP contribution is -2.11. The van der Waals surface area contributed by atoms with Crippen LogP contribution in [0.15, 0.2) is 103 Å². The lowest BCUT2D eigenvalue weighted by atomic mass is 10.0. The van der Waals surface area contributed by atoms with E-state index in [1.165, 1.54) is 0 Å². The van der Waals surface area contributed by atoms with Crippen LogP contribution in [0.5, 0.6) is 11.5 Å². The van der Waals surface area contributed by atoms with Crippen LogP contribution in [-0.2, 0) is 0 Å². The molecule has 1 aliphatic heterocycles. The Morgan fingerprint density at radius 2 is 1.50 bits per heavy atom. The predicted molar refractivity (Wildman–Crippen MR) is 132 cm³/mol. The second-order valence-corrected chi connectivity index (χ2v) is 8.12. The van der Waals surface area contributed by atoms with Gasteiger partial charge >= 0.3 is 0 Å². The molecule has 0 radical (unpaired) electrons. The summed E-state index contributed by atoms with van der Waals surface area (Å²) in [6.07, 6.45) is 1.75. The lowest BCUT2D eigenvalue weighted by molar-refractivity contribution is 0.0920. The van der Waals surface area contributed by atoms with Crippen LogP contribution in [0.3, 0.4) is 0 Å². The average Bonchev–Trinajstić information content (AvgIpc) is 3.19. The highest BCUT2D eigenvalue weighted by Crippen LogP contribution is 2.37. The average molecular weight is 447 g/mol. The number of hydrogen-bond donors (Lipinski definition) is 0. The topological polar surface area (TPSA) is 52.6 Å². The molecule has 4 aromatic carbocycles. The number of ether oxygens (including phenoxy) is 2. The number of hydrogen-bond acceptors (Lipinski definition) is 4. The van der Waals surface area contributed by atoms with Gasteiger partial charge in [-0.15, -0.1) is 0 Å². The summed E-state index contributed by atoms with van der Waals surface area (Å²) in [6.45, 7) is 1.75. The van der Waals surface area contributed by atoms with Gasteiger partial charge < -0.3 is 9.47 Å². The first-order valence-electron chi connectivity index (χ1n) is 11.0. The van der Waals surface area contributed by atoms with Crippen LogP contribution in [0, 0.1) is 6.92 Å². The van der Waals surface area contributed by atoms with E-state index in [4.69, 9.17) is 9.47 Å². The number of carbonyl (C=O) groups is 2. The molecular formula is C30H22O4. The summed E-state index contributed by atoms with van der Waals surface area (Å²) in [4.78, 5) is 25.3. The van der Waals surface area contributed by atoms with E-state index in [0.29, 0.717) is 22.6 Å². The Morgan fingerprint density at radius 3 is 2.21 bits per heavy atom. The van der Waals surface area contributed by atoms with Gasteiger partial charge in [0, 0.05) is 11.6 Å². The lowest BCUT2D eigenvalue weighted by Gasteiger charge is -2.08. The van der Waals surface area contributed by atoms with Crippen LogP contribution >= 0.6 is 0 Å². The molecule has 0 aliphatic carbocycles. The van der Waals surface area contributed by atoms with E-state index < -0.39 is 0 Å². The molecule has 5 rings (SSSR count). The van der Waals surface area contributed by atoms with Gasteiger partial charge in [-0.1, -0.05) is 84.9 Å². The molecule has 0 bridgehead atoms. The van der Waals surface area contributed by atoms with Crippen molar-refractivity contribution in [2.75, 3.05) is 6.61 Å². The quantitative estimate of drug-likeness (QED) is 0.249. The third kappa shape index (κ3) is 4.39. The number of rotatable bonds is 6. The number of allylic oxidation sites excluding steroid dienone is 1. The van der Waals surface area contributed by atoms with Gasteiger partial charge in [-0.25, -0.2) is 0 Å². The van der Waals surface area contributed by atoms with Crippen molar-refractivity contribution in [1.82, 2.24) is 0 Å². The Hall–Kier alpha value is -4.44. The first kappa shape index (κ1) is 21.4. The van der Waals surface area contributed by atoms with Gasteiger partial charge in [0.25, 0.3) is 0 Å². The number of ketones is 2. The first-order chi connectivity index (χ1) is 16.6. The van der Waals surface area contributed by atoms with Gasteiger partial charge in [0.1, 0.15) is 11.5 Å². The van der Waals surface area contributed by atoms with Gasteiger partial charge in [-0.05, 0) is 41.3 Å². The normalized spacial score (nSPS) is 13.4. The zero-order chi connectivity index (χ0) is 23.5. The second kappa shape index (κ2) is 9.20. The Balaban J connectivity index is 1.32. The fourth-order valence-electron chi connectivity index (χ4n) is 3.97. The second-order valence-electron chi connectivity index (χ2n) is 8.12. The van der Waals surface area contributed by atoms with Crippen molar-refractivity contribution in [1.29, 1.82) is 0 Å². The highest BCUT2D eigenvalue weighted by atomic mass is 16.5. The maximum atomic E-state index is 13.0. The summed E-state index contributed by atoms with van der Waals surface area (Å²) in [5.41, 5.74) is 4.97. The van der Waals surface area contributed by atoms with Crippen molar-refractivity contribution < 1.29 is 19.1 Å². The maximum absolute atomic E-state index is 13.0. The third-order valence-corrected chi connectivity index (χ3v) is 5.72. The smallest absolute Gasteiger partial charge is 0.232 e. The minimum absolute atomic E-state index is 0.0906. The molecule has 4 aromatic rings. The standard InChI is InChI=1S/C30H22O4/c1-20-16-25(33-19-26(31)24-10-6-3-7-11-24)18-27-29(20)30(32)28(34-27)17-21-12-14-23(15-13-21)22-8-4-2-5-9-22/h2-18H,19H2,1H3/b28-17-. The zero-order valence-electron chi connectivity index (χ0n) is 18.7. The van der Waals surface area contributed by atoms with Crippen LogP contribution in [0.2, 0.25) is 0 Å². The molecule has 1 heterocycles. The maximum Gasteiger partial charge on any atom is 0.232 e. The van der Waals surface area contributed by atoms with Gasteiger partial charge in [-0.3, -0.25) is 9.59 Å². The van der Waals surface area contributed by atoms with E-state index in [1.54, 1.807) is 30.3 Å². The van der Waals surface area contributed by atoms with Crippen LogP contribution in [0.4, 0.5) is 0 Å². The number of benzene rings is 4. The predicted octanol–water partition coefficient (Wildman–Crippen LogP) is 6.54. The molecule has 0 unspecified atom stereocenters. The van der Waals surface area contributed by atoms with Crippen molar-refractivity contribution in [3.63, 3.8) is 0 Å². The molecule has 0 amide bonds. The number of fused-ring (bicyclic) bond motifs is 1. The molecule has 0 saturated heterocycles. The van der Waals surface area contributed by atoms with Crippen LogP contribution < -0.4 is 9.47 Å². The fourth-order valence-corrected chi connectivity index (χ4v) is 3.97. The molecule has 4 heteroatoms. The van der Waals surface area contributed by atoms with E-state index in [9.17, 15) is 9.59 Å². The minimum atomic E-state index is -0.161. The van der Waals surface area contributed by atoms with Gasteiger partial charge in [0.2, 0.25) is 5.78 Å². The van der Waals surface area contributed by atoms with Gasteiger partial charge in [0.05, 0.1) is 5.56 Å². The number of aryl methyl sites for hydroxylation is 1. The monoisotopic (exact) mass is 446 g/mol. The summed E-state index contributed by atoms with van der Waals surface area (Å²) in [6, 6.07) is 30.5. The molecule has 34 heavy (non-hydrogen) atoms. The molecular weight excluding hydrogens is 424 g/mol. The SMILES string of the molecule is Cc1cc(OCC(=O)c2ccccc2)cc2c1C(=O)/C(=C/c1ccc(-c3ccccc3)cc1)O2. The molecule has 0 aromatic heterocycles. The largest absolute Gasteiger partial charge is 0.485 e. The number of carbonyl (C=O) groups excluding carboxylic acids is 2. The highest BCUT2D eigenvalue weighted by molar-refractivity contribution is 6.15. The van der Waals surface area contributed by atoms with Crippen molar-refractivity contribution in [2.45, 2.75) is 6.92 Å². The Morgan fingerprint density at radius 1 is 0.853 bits per heavy atom. The summed E-state index contributed by atoms with van der Waals surface area (Å²) in [7, 11) is 0. The molecule has 1 aliphatic rings. The van der Waals surface area contributed by atoms with Crippen molar-refractivity contribution in [3.05, 3.63) is 125 Å². The van der Waals surface area contributed by atoms with E-state index in [1.807, 2.05) is 67.6 Å². The van der Waals surface area contributed by atoms with E-state index in [-0.39, 0.29) is 23.9 Å².